The van der Waals surface area contributed by atoms with Crippen LogP contribution in [0.1, 0.15) is 12.0 Å². The molecule has 0 spiro atoms. The quantitative estimate of drug-likeness (QED) is 0.929. The minimum absolute atomic E-state index is 0.480. The molecular weight excluding hydrogens is 280 g/mol. The molecule has 0 aromatic heterocycles. The zero-order chi connectivity index (χ0) is 14.5. The van der Waals surface area contributed by atoms with Gasteiger partial charge in [-0.15, -0.1) is 0 Å². The number of nitrogens with one attached hydrogen (secondary N) is 1. The largest absolute Gasteiger partial charge is 0.370 e. The van der Waals surface area contributed by atoms with Crippen LogP contribution in [0.2, 0.25) is 5.02 Å². The lowest BCUT2D eigenvalue weighted by Gasteiger charge is -2.26. The highest BCUT2D eigenvalue weighted by Gasteiger charge is 2.18. The van der Waals surface area contributed by atoms with Crippen LogP contribution < -0.4 is 10.2 Å². The maximum Gasteiger partial charge on any atom is 0.0426 e. The molecule has 1 unspecified atom stereocenters. The lowest BCUT2D eigenvalue weighted by atomic mass is 10.1. The summed E-state index contributed by atoms with van der Waals surface area (Å²) in [7, 11) is 0. The first-order chi connectivity index (χ1) is 10.3. The van der Waals surface area contributed by atoms with Gasteiger partial charge in [0.05, 0.1) is 0 Å². The second kappa shape index (κ2) is 6.97. The van der Waals surface area contributed by atoms with Crippen LogP contribution in [0.25, 0.3) is 0 Å². The van der Waals surface area contributed by atoms with E-state index in [1.54, 1.807) is 0 Å². The van der Waals surface area contributed by atoms with Crippen molar-refractivity contribution in [2.45, 2.75) is 18.9 Å². The maximum absolute atomic E-state index is 6.13. The molecule has 0 radical (unpaired) electrons. The Bertz CT molecular complexity index is 570. The Balaban J connectivity index is 1.71. The SMILES string of the molecule is Clc1cccc(N2CCCNC(Cc3ccccc3)C2)c1. The molecule has 1 aliphatic rings. The molecule has 2 aromatic rings. The van der Waals surface area contributed by atoms with Gasteiger partial charge in [-0.2, -0.15) is 0 Å². The summed E-state index contributed by atoms with van der Waals surface area (Å²) < 4.78 is 0. The predicted octanol–water partition coefficient (Wildman–Crippen LogP) is 3.75. The van der Waals surface area contributed by atoms with Gasteiger partial charge in [0, 0.05) is 29.8 Å². The van der Waals surface area contributed by atoms with Crippen LogP contribution in [-0.4, -0.2) is 25.7 Å². The highest BCUT2D eigenvalue weighted by Crippen LogP contribution is 2.21. The Morgan fingerprint density at radius 2 is 1.95 bits per heavy atom. The minimum Gasteiger partial charge on any atom is -0.370 e. The first-order valence-electron chi connectivity index (χ1n) is 7.59. The third-order valence-electron chi connectivity index (χ3n) is 3.98. The molecule has 3 heteroatoms. The molecule has 21 heavy (non-hydrogen) atoms. The summed E-state index contributed by atoms with van der Waals surface area (Å²) in [5.74, 6) is 0. The number of benzene rings is 2. The molecule has 1 N–H and O–H groups in total. The van der Waals surface area contributed by atoms with Crippen LogP contribution in [0.4, 0.5) is 5.69 Å². The van der Waals surface area contributed by atoms with Gasteiger partial charge >= 0.3 is 0 Å². The van der Waals surface area contributed by atoms with Crippen molar-refractivity contribution in [3.8, 4) is 0 Å². The fraction of sp³-hybridized carbons (Fsp3) is 0.333. The van der Waals surface area contributed by atoms with E-state index in [4.69, 9.17) is 11.6 Å². The topological polar surface area (TPSA) is 15.3 Å². The van der Waals surface area contributed by atoms with Crippen LogP contribution in [-0.2, 0) is 6.42 Å². The smallest absolute Gasteiger partial charge is 0.0426 e. The summed E-state index contributed by atoms with van der Waals surface area (Å²) in [5, 5.41) is 4.48. The van der Waals surface area contributed by atoms with E-state index in [2.05, 4.69) is 52.7 Å². The van der Waals surface area contributed by atoms with E-state index >= 15 is 0 Å². The molecule has 0 aliphatic carbocycles. The van der Waals surface area contributed by atoms with Crippen molar-refractivity contribution >= 4 is 17.3 Å². The van der Waals surface area contributed by atoms with Gasteiger partial charge in [0.1, 0.15) is 0 Å². The molecule has 0 amide bonds. The van der Waals surface area contributed by atoms with E-state index in [9.17, 15) is 0 Å². The van der Waals surface area contributed by atoms with E-state index in [0.717, 1.165) is 37.5 Å². The molecule has 1 aliphatic heterocycles. The molecule has 110 valence electrons. The van der Waals surface area contributed by atoms with Crippen molar-refractivity contribution in [3.63, 3.8) is 0 Å². The van der Waals surface area contributed by atoms with Gasteiger partial charge in [-0.25, -0.2) is 0 Å². The van der Waals surface area contributed by atoms with E-state index in [1.807, 2.05) is 12.1 Å². The van der Waals surface area contributed by atoms with Crippen molar-refractivity contribution in [1.82, 2.24) is 5.32 Å². The summed E-state index contributed by atoms with van der Waals surface area (Å²) in [5.41, 5.74) is 2.62. The second-order valence-electron chi connectivity index (χ2n) is 5.62. The number of hydrogen-bond acceptors (Lipinski definition) is 2. The Hall–Kier alpha value is -1.51. The van der Waals surface area contributed by atoms with Gasteiger partial charge in [-0.3, -0.25) is 0 Å². The zero-order valence-corrected chi connectivity index (χ0v) is 12.9. The molecular formula is C18H21ClN2. The Kier molecular flexibility index (Phi) is 4.79. The summed E-state index contributed by atoms with van der Waals surface area (Å²) in [6.45, 7) is 3.18. The maximum atomic E-state index is 6.13. The number of rotatable bonds is 3. The molecule has 1 atom stereocenters. The Morgan fingerprint density at radius 1 is 1.10 bits per heavy atom. The van der Waals surface area contributed by atoms with E-state index in [1.165, 1.54) is 11.3 Å². The van der Waals surface area contributed by atoms with Crippen molar-refractivity contribution in [3.05, 3.63) is 65.2 Å². The molecule has 1 saturated heterocycles. The third-order valence-corrected chi connectivity index (χ3v) is 4.21. The van der Waals surface area contributed by atoms with Gasteiger partial charge in [0.15, 0.2) is 0 Å². The van der Waals surface area contributed by atoms with Gasteiger partial charge < -0.3 is 10.2 Å². The lowest BCUT2D eigenvalue weighted by molar-refractivity contribution is 0.540. The van der Waals surface area contributed by atoms with Gasteiger partial charge in [0.25, 0.3) is 0 Å². The molecule has 0 bridgehead atoms. The van der Waals surface area contributed by atoms with Crippen LogP contribution >= 0.6 is 11.6 Å². The van der Waals surface area contributed by atoms with Crippen molar-refractivity contribution < 1.29 is 0 Å². The van der Waals surface area contributed by atoms with Crippen molar-refractivity contribution in [2.75, 3.05) is 24.5 Å². The summed E-state index contributed by atoms with van der Waals surface area (Å²) in [6, 6.07) is 19.4. The number of halogens is 1. The Morgan fingerprint density at radius 3 is 2.76 bits per heavy atom. The average molecular weight is 301 g/mol. The predicted molar refractivity (Wildman–Crippen MR) is 90.2 cm³/mol. The standard InChI is InChI=1S/C18H21ClN2/c19-16-8-4-9-18(13-16)21-11-5-10-20-17(14-21)12-15-6-2-1-3-7-15/h1-4,6-9,13,17,20H,5,10-12,14H2. The third kappa shape index (κ3) is 3.99. The fourth-order valence-electron chi connectivity index (χ4n) is 2.94. The first kappa shape index (κ1) is 14.4. The average Bonchev–Trinajstić information content (AvgIpc) is 2.74. The van der Waals surface area contributed by atoms with Crippen LogP contribution in [0.15, 0.2) is 54.6 Å². The van der Waals surface area contributed by atoms with E-state index in [-0.39, 0.29) is 0 Å². The number of nitrogens with zero attached hydrogens (tertiary/aromatic N) is 1. The summed E-state index contributed by atoms with van der Waals surface area (Å²) >= 11 is 6.13. The Labute approximate surface area is 131 Å². The number of hydrogen-bond donors (Lipinski definition) is 1. The van der Waals surface area contributed by atoms with Gasteiger partial charge in [-0.05, 0) is 43.1 Å². The monoisotopic (exact) mass is 300 g/mol. The van der Waals surface area contributed by atoms with Crippen molar-refractivity contribution in [2.24, 2.45) is 0 Å². The highest BCUT2D eigenvalue weighted by atomic mass is 35.5. The second-order valence-corrected chi connectivity index (χ2v) is 6.06. The van der Waals surface area contributed by atoms with Crippen molar-refractivity contribution in [1.29, 1.82) is 0 Å². The zero-order valence-electron chi connectivity index (χ0n) is 12.1. The molecule has 0 saturated carbocycles. The molecule has 3 rings (SSSR count). The fourth-order valence-corrected chi connectivity index (χ4v) is 3.13. The molecule has 1 heterocycles. The normalized spacial score (nSPS) is 19.3. The van der Waals surface area contributed by atoms with Crippen LogP contribution in [0, 0.1) is 0 Å². The van der Waals surface area contributed by atoms with Crippen LogP contribution in [0.5, 0.6) is 0 Å². The van der Waals surface area contributed by atoms with Gasteiger partial charge in [-0.1, -0.05) is 48.0 Å². The molecule has 2 aromatic carbocycles. The number of anilines is 1. The minimum atomic E-state index is 0.480. The molecule has 1 fully saturated rings. The van der Waals surface area contributed by atoms with E-state index in [0.29, 0.717) is 6.04 Å². The van der Waals surface area contributed by atoms with Crippen LogP contribution in [0.3, 0.4) is 0 Å². The summed E-state index contributed by atoms with van der Waals surface area (Å²) in [4.78, 5) is 2.44. The van der Waals surface area contributed by atoms with E-state index < -0.39 is 0 Å². The van der Waals surface area contributed by atoms with Gasteiger partial charge in [0.2, 0.25) is 0 Å². The highest BCUT2D eigenvalue weighted by molar-refractivity contribution is 6.30. The summed E-state index contributed by atoms with van der Waals surface area (Å²) in [6.07, 6.45) is 2.23. The first-order valence-corrected chi connectivity index (χ1v) is 7.97. The molecule has 2 nitrogen and oxygen atoms in total. The lowest BCUT2D eigenvalue weighted by Crippen LogP contribution is -2.39.